The third kappa shape index (κ3) is 57.4. The van der Waals surface area contributed by atoms with E-state index in [0.717, 1.165) is 19.3 Å². The van der Waals surface area contributed by atoms with Crippen molar-refractivity contribution in [2.24, 2.45) is 0 Å². The van der Waals surface area contributed by atoms with E-state index in [4.69, 9.17) is 15.3 Å². The molecule has 0 rings (SSSR count). The van der Waals surface area contributed by atoms with Gasteiger partial charge in [0, 0.05) is 60.6 Å². The van der Waals surface area contributed by atoms with Gasteiger partial charge in [-0.1, -0.05) is 20.8 Å². The number of rotatable bonds is 6. The Morgan fingerprint density at radius 1 is 0.632 bits per heavy atom. The topological polar surface area (TPSA) is 112 Å². The molecule has 0 heterocycles. The van der Waals surface area contributed by atoms with E-state index in [1.165, 1.54) is 0 Å². The van der Waals surface area contributed by atoms with Crippen LogP contribution in [0.15, 0.2) is 0 Å². The SMILES string of the molecule is CCCC(=O)O.CCCC(=O)O.CCCC(=O)O.[Pr]. The van der Waals surface area contributed by atoms with Gasteiger partial charge in [0.1, 0.15) is 0 Å². The van der Waals surface area contributed by atoms with Crippen molar-refractivity contribution in [3.05, 3.63) is 0 Å². The molecule has 19 heavy (non-hydrogen) atoms. The van der Waals surface area contributed by atoms with Crippen molar-refractivity contribution in [2.75, 3.05) is 0 Å². The second-order valence-corrected chi connectivity index (χ2v) is 3.43. The molecule has 3 N–H and O–H groups in total. The summed E-state index contributed by atoms with van der Waals surface area (Å²) in [5.74, 6) is -2.13. The van der Waals surface area contributed by atoms with Crippen LogP contribution in [0.25, 0.3) is 0 Å². The Balaban J connectivity index is -0.0000000865. The zero-order valence-corrected chi connectivity index (χ0v) is 15.6. The minimum Gasteiger partial charge on any atom is -0.481 e. The molecular weight excluding hydrogens is 381 g/mol. The number of carboxylic acid groups (broad SMARTS) is 3. The van der Waals surface area contributed by atoms with E-state index in [9.17, 15) is 14.4 Å². The van der Waals surface area contributed by atoms with E-state index in [0.29, 0.717) is 19.3 Å². The Morgan fingerprint density at radius 3 is 0.789 bits per heavy atom. The van der Waals surface area contributed by atoms with Crippen LogP contribution in [0.3, 0.4) is 0 Å². The average molecular weight is 405 g/mol. The Hall–Kier alpha value is -0.226. The van der Waals surface area contributed by atoms with Crippen LogP contribution in [0.2, 0.25) is 0 Å². The molecule has 0 amide bonds. The smallest absolute Gasteiger partial charge is 0.303 e. The molecule has 0 aromatic heterocycles. The van der Waals surface area contributed by atoms with Crippen LogP contribution in [0.4, 0.5) is 0 Å². The van der Waals surface area contributed by atoms with Crippen molar-refractivity contribution < 1.29 is 71.0 Å². The van der Waals surface area contributed by atoms with Gasteiger partial charge in [-0.2, -0.15) is 0 Å². The van der Waals surface area contributed by atoms with E-state index >= 15 is 0 Å². The van der Waals surface area contributed by atoms with Crippen LogP contribution >= 0.6 is 0 Å². The predicted octanol–water partition coefficient (Wildman–Crippen LogP) is 2.61. The van der Waals surface area contributed by atoms with E-state index in [2.05, 4.69) is 0 Å². The Morgan fingerprint density at radius 2 is 0.789 bits per heavy atom. The van der Waals surface area contributed by atoms with Gasteiger partial charge in [0.2, 0.25) is 0 Å². The van der Waals surface area contributed by atoms with Crippen molar-refractivity contribution in [1.82, 2.24) is 0 Å². The molecule has 0 spiro atoms. The molecule has 0 saturated carbocycles. The van der Waals surface area contributed by atoms with E-state index in [-0.39, 0.29) is 41.3 Å². The molecule has 0 aliphatic rings. The molecule has 0 saturated heterocycles. The zero-order chi connectivity index (χ0) is 15.0. The molecule has 6 nitrogen and oxygen atoms in total. The number of hydrogen-bond acceptors (Lipinski definition) is 3. The van der Waals surface area contributed by atoms with Crippen molar-refractivity contribution in [2.45, 2.75) is 59.3 Å². The van der Waals surface area contributed by atoms with Crippen LogP contribution in [0.5, 0.6) is 0 Å². The standard InChI is InChI=1S/3C4H8O2.Pr/c3*1-2-3-4(5)6;/h3*2-3H2,1H3,(H,5,6);. The fourth-order valence-corrected chi connectivity index (χ4v) is 0.642. The fourth-order valence-electron chi connectivity index (χ4n) is 0.642. The van der Waals surface area contributed by atoms with Gasteiger partial charge in [0.05, 0.1) is 0 Å². The Kier molecular flexibility index (Phi) is 32.8. The summed E-state index contributed by atoms with van der Waals surface area (Å²) in [6.07, 6.45) is 3.07. The Labute approximate surface area is 147 Å². The minimum atomic E-state index is -0.711. The van der Waals surface area contributed by atoms with Gasteiger partial charge >= 0.3 is 17.9 Å². The summed E-state index contributed by atoms with van der Waals surface area (Å²) in [5.41, 5.74) is 0. The summed E-state index contributed by atoms with van der Waals surface area (Å²) in [5, 5.41) is 23.7. The average Bonchev–Trinajstić information content (AvgIpc) is 2.18. The van der Waals surface area contributed by atoms with Gasteiger partial charge in [0.15, 0.2) is 0 Å². The molecule has 1 radical (unpaired) electrons. The maximum atomic E-state index is 9.60. The normalized spacial score (nSPS) is 7.74. The number of carboxylic acids is 3. The molecule has 0 aromatic rings. The summed E-state index contributed by atoms with van der Waals surface area (Å²) in [7, 11) is 0. The molecular formula is C12H24O6Pr. The fraction of sp³-hybridized carbons (Fsp3) is 0.750. The van der Waals surface area contributed by atoms with Crippen molar-refractivity contribution in [3.63, 3.8) is 0 Å². The minimum absolute atomic E-state index is 0. The predicted molar refractivity (Wildman–Crippen MR) is 67.6 cm³/mol. The molecule has 0 fully saturated rings. The largest absolute Gasteiger partial charge is 0.481 e. The van der Waals surface area contributed by atoms with Gasteiger partial charge in [-0.15, -0.1) is 0 Å². The van der Waals surface area contributed by atoms with Crippen LogP contribution in [0.1, 0.15) is 59.3 Å². The van der Waals surface area contributed by atoms with Gasteiger partial charge in [-0.25, -0.2) is 0 Å². The molecule has 0 aliphatic carbocycles. The zero-order valence-electron chi connectivity index (χ0n) is 11.9. The van der Waals surface area contributed by atoms with Gasteiger partial charge in [-0.3, -0.25) is 14.4 Å². The van der Waals surface area contributed by atoms with E-state index in [1.54, 1.807) is 0 Å². The third-order valence-electron chi connectivity index (χ3n) is 1.39. The first kappa shape index (κ1) is 27.2. The second-order valence-electron chi connectivity index (χ2n) is 3.43. The number of hydrogen-bond donors (Lipinski definition) is 3. The molecule has 0 atom stereocenters. The van der Waals surface area contributed by atoms with Gasteiger partial charge in [0.25, 0.3) is 0 Å². The molecule has 0 unspecified atom stereocenters. The monoisotopic (exact) mass is 405 g/mol. The first-order chi connectivity index (χ1) is 8.31. The number of carbonyl (C=O) groups is 3. The summed E-state index contributed by atoms with van der Waals surface area (Å²) < 4.78 is 0. The quantitative estimate of drug-likeness (QED) is 0.627. The maximum absolute atomic E-state index is 9.60. The molecule has 0 bridgehead atoms. The summed E-state index contributed by atoms with van der Waals surface area (Å²) in [6, 6.07) is 0. The van der Waals surface area contributed by atoms with Crippen molar-refractivity contribution in [3.8, 4) is 0 Å². The van der Waals surface area contributed by atoms with Crippen LogP contribution in [0, 0.1) is 41.3 Å². The van der Waals surface area contributed by atoms with Crippen molar-refractivity contribution in [1.29, 1.82) is 0 Å². The molecule has 0 aliphatic heterocycles. The van der Waals surface area contributed by atoms with Crippen LogP contribution in [-0.2, 0) is 14.4 Å². The number of aliphatic carboxylic acids is 3. The van der Waals surface area contributed by atoms with E-state index in [1.807, 2.05) is 20.8 Å². The molecule has 0 aromatic carbocycles. The molecule has 111 valence electrons. The molecule has 7 heteroatoms. The summed E-state index contributed by atoms with van der Waals surface area (Å²) in [6.45, 7) is 5.52. The van der Waals surface area contributed by atoms with Crippen LogP contribution in [-0.4, -0.2) is 33.2 Å². The maximum Gasteiger partial charge on any atom is 0.303 e. The second kappa shape index (κ2) is 22.9. The third-order valence-corrected chi connectivity index (χ3v) is 1.39. The van der Waals surface area contributed by atoms with Gasteiger partial charge in [-0.05, 0) is 19.3 Å². The van der Waals surface area contributed by atoms with Gasteiger partial charge < -0.3 is 15.3 Å². The van der Waals surface area contributed by atoms with E-state index < -0.39 is 17.9 Å². The van der Waals surface area contributed by atoms with Crippen LogP contribution < -0.4 is 0 Å². The Bertz CT molecular complexity index is 192. The van der Waals surface area contributed by atoms with Crippen molar-refractivity contribution >= 4 is 17.9 Å². The first-order valence-corrected chi connectivity index (χ1v) is 5.97. The summed E-state index contributed by atoms with van der Waals surface area (Å²) >= 11 is 0. The first-order valence-electron chi connectivity index (χ1n) is 5.97. The summed E-state index contributed by atoms with van der Waals surface area (Å²) in [4.78, 5) is 28.8.